The highest BCUT2D eigenvalue weighted by atomic mass is 35.5. The molecule has 0 amide bonds. The Bertz CT molecular complexity index is 562. The van der Waals surface area contributed by atoms with Gasteiger partial charge in [0.2, 0.25) is 0 Å². The van der Waals surface area contributed by atoms with Crippen molar-refractivity contribution in [1.29, 1.82) is 0 Å². The Kier molecular flexibility index (Phi) is 3.82. The van der Waals surface area contributed by atoms with Crippen molar-refractivity contribution in [3.63, 3.8) is 0 Å². The van der Waals surface area contributed by atoms with E-state index in [-0.39, 0.29) is 0 Å². The Morgan fingerprint density at radius 2 is 1.82 bits per heavy atom. The molecule has 0 aliphatic carbocycles. The lowest BCUT2D eigenvalue weighted by Crippen LogP contribution is -1.82. The van der Waals surface area contributed by atoms with E-state index < -0.39 is 0 Å². The van der Waals surface area contributed by atoms with Crippen molar-refractivity contribution < 1.29 is 0 Å². The van der Waals surface area contributed by atoms with Gasteiger partial charge in [-0.25, -0.2) is 0 Å². The molecule has 0 atom stereocenters. The maximum atomic E-state index is 6.04. The van der Waals surface area contributed by atoms with E-state index in [1.807, 2.05) is 49.4 Å². The molecule has 2 aromatic rings. The normalized spacial score (nSPS) is 11.0. The lowest BCUT2D eigenvalue weighted by atomic mass is 10.2. The number of aliphatic imine (C=N–C) groups is 1. The Labute approximate surface area is 111 Å². The van der Waals surface area contributed by atoms with E-state index in [1.165, 1.54) is 0 Å². The number of benzene rings is 2. The minimum atomic E-state index is 0.682. The van der Waals surface area contributed by atoms with Gasteiger partial charge in [0.05, 0.1) is 5.69 Å². The third-order valence-electron chi connectivity index (χ3n) is 2.42. The fourth-order valence-corrected chi connectivity index (χ4v) is 1.79. The molecule has 0 aliphatic rings. The molecule has 3 heteroatoms. The van der Waals surface area contributed by atoms with Crippen LogP contribution in [0.25, 0.3) is 0 Å². The smallest absolute Gasteiger partial charge is 0.0673 e. The molecule has 0 N–H and O–H groups in total. The molecular weight excluding hydrogens is 253 g/mol. The fourth-order valence-electron chi connectivity index (χ4n) is 1.44. The SMILES string of the molecule is Cc1ccc(Cl)cc1/N=C/c1ccccc1Cl. The second-order valence-corrected chi connectivity index (χ2v) is 4.55. The van der Waals surface area contributed by atoms with Crippen LogP contribution in [0.5, 0.6) is 0 Å². The van der Waals surface area contributed by atoms with E-state index in [0.29, 0.717) is 10.0 Å². The summed E-state index contributed by atoms with van der Waals surface area (Å²) in [5.41, 5.74) is 2.84. The highest BCUT2D eigenvalue weighted by molar-refractivity contribution is 6.33. The lowest BCUT2D eigenvalue weighted by molar-refractivity contribution is 1.40. The molecule has 0 radical (unpaired) electrons. The average molecular weight is 264 g/mol. The number of rotatable bonds is 2. The molecule has 0 spiro atoms. The van der Waals surface area contributed by atoms with Crippen molar-refractivity contribution in [3.05, 3.63) is 63.6 Å². The van der Waals surface area contributed by atoms with Gasteiger partial charge in [0.1, 0.15) is 0 Å². The number of hydrogen-bond acceptors (Lipinski definition) is 1. The first kappa shape index (κ1) is 12.2. The van der Waals surface area contributed by atoms with E-state index >= 15 is 0 Å². The van der Waals surface area contributed by atoms with Gasteiger partial charge in [0, 0.05) is 21.8 Å². The highest BCUT2D eigenvalue weighted by Gasteiger charge is 1.98. The maximum absolute atomic E-state index is 6.04. The summed E-state index contributed by atoms with van der Waals surface area (Å²) < 4.78 is 0. The molecule has 2 rings (SSSR count). The second kappa shape index (κ2) is 5.35. The van der Waals surface area contributed by atoms with Crippen LogP contribution in [0.1, 0.15) is 11.1 Å². The second-order valence-electron chi connectivity index (χ2n) is 3.71. The quantitative estimate of drug-likeness (QED) is 0.673. The zero-order valence-electron chi connectivity index (χ0n) is 9.32. The summed E-state index contributed by atoms with van der Waals surface area (Å²) in [5.74, 6) is 0. The van der Waals surface area contributed by atoms with Crippen molar-refractivity contribution in [2.45, 2.75) is 6.92 Å². The van der Waals surface area contributed by atoms with Crippen LogP contribution in [0.2, 0.25) is 10.0 Å². The molecule has 86 valence electrons. The van der Waals surface area contributed by atoms with Gasteiger partial charge >= 0.3 is 0 Å². The molecule has 1 nitrogen and oxygen atoms in total. The molecule has 0 heterocycles. The van der Waals surface area contributed by atoms with Crippen LogP contribution in [0.4, 0.5) is 5.69 Å². The van der Waals surface area contributed by atoms with Crippen LogP contribution < -0.4 is 0 Å². The number of nitrogens with zero attached hydrogens (tertiary/aromatic N) is 1. The Morgan fingerprint density at radius 3 is 2.59 bits per heavy atom. The first-order valence-corrected chi connectivity index (χ1v) is 5.97. The predicted molar refractivity (Wildman–Crippen MR) is 74.9 cm³/mol. The zero-order valence-corrected chi connectivity index (χ0v) is 10.8. The summed E-state index contributed by atoms with van der Waals surface area (Å²) in [6.07, 6.45) is 1.75. The number of halogens is 2. The van der Waals surface area contributed by atoms with Crippen LogP contribution in [0.15, 0.2) is 47.5 Å². The van der Waals surface area contributed by atoms with E-state index in [2.05, 4.69) is 4.99 Å². The molecule has 2 aromatic carbocycles. The Balaban J connectivity index is 2.32. The summed E-state index contributed by atoms with van der Waals surface area (Å²) in [5, 5.41) is 1.37. The third-order valence-corrected chi connectivity index (χ3v) is 3.00. The molecule has 17 heavy (non-hydrogen) atoms. The molecule has 0 saturated heterocycles. The van der Waals surface area contributed by atoms with Gasteiger partial charge in [-0.3, -0.25) is 4.99 Å². The van der Waals surface area contributed by atoms with Crippen LogP contribution in [-0.4, -0.2) is 6.21 Å². The monoisotopic (exact) mass is 263 g/mol. The number of aryl methyl sites for hydroxylation is 1. The summed E-state index contributed by atoms with van der Waals surface area (Å²) >= 11 is 12.0. The summed E-state index contributed by atoms with van der Waals surface area (Å²) in [6.45, 7) is 2.00. The van der Waals surface area contributed by atoms with E-state index in [0.717, 1.165) is 16.8 Å². The van der Waals surface area contributed by atoms with Crippen molar-refractivity contribution >= 4 is 35.1 Å². The standard InChI is InChI=1S/C14H11Cl2N/c1-10-6-7-12(15)8-14(10)17-9-11-4-2-3-5-13(11)16/h2-9H,1H3/b17-9+. The first-order valence-electron chi connectivity index (χ1n) is 5.21. The molecule has 0 bridgehead atoms. The molecular formula is C14H11Cl2N. The predicted octanol–water partition coefficient (Wildman–Crippen LogP) is 5.05. The minimum absolute atomic E-state index is 0.682. The first-order chi connectivity index (χ1) is 8.16. The van der Waals surface area contributed by atoms with Crippen LogP contribution in [0, 0.1) is 6.92 Å². The topological polar surface area (TPSA) is 12.4 Å². The molecule has 0 saturated carbocycles. The molecule has 0 fully saturated rings. The van der Waals surface area contributed by atoms with Crippen LogP contribution in [0.3, 0.4) is 0 Å². The van der Waals surface area contributed by atoms with Gasteiger partial charge in [-0.2, -0.15) is 0 Å². The van der Waals surface area contributed by atoms with Crippen molar-refractivity contribution in [2.75, 3.05) is 0 Å². The van der Waals surface area contributed by atoms with Gasteiger partial charge in [0.25, 0.3) is 0 Å². The third kappa shape index (κ3) is 3.09. The van der Waals surface area contributed by atoms with Gasteiger partial charge in [-0.1, -0.05) is 47.5 Å². The highest BCUT2D eigenvalue weighted by Crippen LogP contribution is 2.23. The molecule has 0 unspecified atom stereocenters. The Hall–Kier alpha value is -1.31. The number of hydrogen-bond donors (Lipinski definition) is 0. The summed E-state index contributed by atoms with van der Waals surface area (Å²) in [6, 6.07) is 13.2. The minimum Gasteiger partial charge on any atom is -0.256 e. The summed E-state index contributed by atoms with van der Waals surface area (Å²) in [7, 11) is 0. The van der Waals surface area contributed by atoms with Gasteiger partial charge in [-0.05, 0) is 30.7 Å². The van der Waals surface area contributed by atoms with Gasteiger partial charge in [0.15, 0.2) is 0 Å². The molecule has 0 aromatic heterocycles. The maximum Gasteiger partial charge on any atom is 0.0673 e. The fraction of sp³-hybridized carbons (Fsp3) is 0.0714. The van der Waals surface area contributed by atoms with Crippen molar-refractivity contribution in [1.82, 2.24) is 0 Å². The van der Waals surface area contributed by atoms with Crippen LogP contribution >= 0.6 is 23.2 Å². The Morgan fingerprint density at radius 1 is 1.06 bits per heavy atom. The van der Waals surface area contributed by atoms with Crippen LogP contribution in [-0.2, 0) is 0 Å². The van der Waals surface area contributed by atoms with E-state index in [9.17, 15) is 0 Å². The lowest BCUT2D eigenvalue weighted by Gasteiger charge is -2.01. The zero-order chi connectivity index (χ0) is 12.3. The average Bonchev–Trinajstić information content (AvgIpc) is 2.32. The molecule has 0 aliphatic heterocycles. The van der Waals surface area contributed by atoms with Gasteiger partial charge < -0.3 is 0 Å². The van der Waals surface area contributed by atoms with E-state index in [4.69, 9.17) is 23.2 Å². The van der Waals surface area contributed by atoms with Crippen molar-refractivity contribution in [2.24, 2.45) is 4.99 Å². The van der Waals surface area contributed by atoms with E-state index in [1.54, 1.807) is 6.21 Å². The summed E-state index contributed by atoms with van der Waals surface area (Å²) in [4.78, 5) is 4.40. The van der Waals surface area contributed by atoms with Gasteiger partial charge in [-0.15, -0.1) is 0 Å². The van der Waals surface area contributed by atoms with Crippen molar-refractivity contribution in [3.8, 4) is 0 Å². The largest absolute Gasteiger partial charge is 0.256 e.